The lowest BCUT2D eigenvalue weighted by molar-refractivity contribution is 0.581. The molecule has 1 nitrogen and oxygen atoms in total. The normalized spacial score (nSPS) is 10.3. The first-order valence-corrected chi connectivity index (χ1v) is 4.39. The van der Waals surface area contributed by atoms with E-state index >= 15 is 0 Å². The average molecular weight is 172 g/mol. The van der Waals surface area contributed by atoms with Crippen molar-refractivity contribution < 1.29 is 4.42 Å². The minimum Gasteiger partial charge on any atom is -0.464 e. The van der Waals surface area contributed by atoms with Crippen molar-refractivity contribution >= 4 is 0 Å². The zero-order chi connectivity index (χ0) is 9.26. The predicted octanol–water partition coefficient (Wildman–Crippen LogP) is 3.56. The highest BCUT2D eigenvalue weighted by atomic mass is 16.3. The van der Waals surface area contributed by atoms with E-state index in [-0.39, 0.29) is 0 Å². The van der Waals surface area contributed by atoms with Gasteiger partial charge in [0.2, 0.25) is 0 Å². The van der Waals surface area contributed by atoms with Crippen molar-refractivity contribution in [3.05, 3.63) is 47.7 Å². The third-order valence-corrected chi connectivity index (χ3v) is 2.25. The van der Waals surface area contributed by atoms with Gasteiger partial charge in [-0.2, -0.15) is 0 Å². The van der Waals surface area contributed by atoms with E-state index in [1.54, 1.807) is 6.26 Å². The maximum atomic E-state index is 5.38. The Labute approximate surface area is 78.0 Å². The Balaban J connectivity index is 2.64. The number of rotatable bonds is 1. The lowest BCUT2D eigenvalue weighted by atomic mass is 10.0. The van der Waals surface area contributed by atoms with Crippen LogP contribution in [0.4, 0.5) is 0 Å². The molecule has 0 unspecified atom stereocenters. The van der Waals surface area contributed by atoms with E-state index < -0.39 is 0 Å². The smallest absolute Gasteiger partial charge is 0.134 e. The van der Waals surface area contributed by atoms with Crippen LogP contribution in [0, 0.1) is 13.8 Å². The monoisotopic (exact) mass is 172 g/mol. The molecule has 0 aliphatic heterocycles. The van der Waals surface area contributed by atoms with Gasteiger partial charge in [0.15, 0.2) is 0 Å². The van der Waals surface area contributed by atoms with Crippen molar-refractivity contribution in [3.8, 4) is 11.3 Å². The number of benzene rings is 1. The largest absolute Gasteiger partial charge is 0.464 e. The minimum absolute atomic E-state index is 0.954. The van der Waals surface area contributed by atoms with Crippen molar-refractivity contribution in [3.63, 3.8) is 0 Å². The van der Waals surface area contributed by atoms with Crippen LogP contribution in [0.2, 0.25) is 0 Å². The van der Waals surface area contributed by atoms with Crippen molar-refractivity contribution in [1.82, 2.24) is 0 Å². The van der Waals surface area contributed by atoms with Crippen molar-refractivity contribution in [2.24, 2.45) is 0 Å². The van der Waals surface area contributed by atoms with Gasteiger partial charge in [0.1, 0.15) is 5.76 Å². The summed E-state index contributed by atoms with van der Waals surface area (Å²) in [5.41, 5.74) is 3.73. The zero-order valence-electron chi connectivity index (χ0n) is 7.87. The second kappa shape index (κ2) is 3.09. The molecule has 2 rings (SSSR count). The summed E-state index contributed by atoms with van der Waals surface area (Å²) >= 11 is 0. The molecule has 0 fully saturated rings. The van der Waals surface area contributed by atoms with Crippen molar-refractivity contribution in [2.75, 3.05) is 0 Å². The van der Waals surface area contributed by atoms with E-state index in [0.717, 1.165) is 5.76 Å². The molecule has 0 saturated carbocycles. The molecule has 13 heavy (non-hydrogen) atoms. The number of hydrogen-bond acceptors (Lipinski definition) is 1. The molecule has 1 aromatic heterocycles. The van der Waals surface area contributed by atoms with Crippen LogP contribution in [0.1, 0.15) is 11.1 Å². The van der Waals surface area contributed by atoms with Crippen LogP contribution in [0.3, 0.4) is 0 Å². The molecular weight excluding hydrogens is 160 g/mol. The fraction of sp³-hybridized carbons (Fsp3) is 0.167. The summed E-state index contributed by atoms with van der Waals surface area (Å²) in [6, 6.07) is 10.2. The second-order valence-corrected chi connectivity index (χ2v) is 3.24. The molecule has 0 saturated heterocycles. The minimum atomic E-state index is 0.954. The highest BCUT2D eigenvalue weighted by molar-refractivity contribution is 5.65. The van der Waals surface area contributed by atoms with Crippen LogP contribution in [0.15, 0.2) is 41.0 Å². The van der Waals surface area contributed by atoms with Gasteiger partial charge in [0.05, 0.1) is 6.26 Å². The van der Waals surface area contributed by atoms with E-state index in [2.05, 4.69) is 32.0 Å². The molecule has 0 amide bonds. The summed E-state index contributed by atoms with van der Waals surface area (Å²) in [4.78, 5) is 0. The molecule has 2 aromatic rings. The second-order valence-electron chi connectivity index (χ2n) is 3.24. The van der Waals surface area contributed by atoms with Gasteiger partial charge in [-0.15, -0.1) is 0 Å². The third kappa shape index (κ3) is 1.37. The van der Waals surface area contributed by atoms with Gasteiger partial charge in [-0.05, 0) is 37.1 Å². The van der Waals surface area contributed by atoms with Gasteiger partial charge in [0, 0.05) is 5.56 Å². The summed E-state index contributed by atoms with van der Waals surface area (Å²) in [5, 5.41) is 0. The average Bonchev–Trinajstić information content (AvgIpc) is 2.57. The predicted molar refractivity (Wildman–Crippen MR) is 53.6 cm³/mol. The Morgan fingerprint density at radius 3 is 2.15 bits per heavy atom. The molecule has 0 aliphatic carbocycles. The Morgan fingerprint density at radius 2 is 1.62 bits per heavy atom. The van der Waals surface area contributed by atoms with E-state index in [4.69, 9.17) is 4.42 Å². The first-order valence-electron chi connectivity index (χ1n) is 4.39. The van der Waals surface area contributed by atoms with Gasteiger partial charge < -0.3 is 4.42 Å². The summed E-state index contributed by atoms with van der Waals surface area (Å²) < 4.78 is 5.38. The SMILES string of the molecule is Cc1cccc(C)c1-c1ccco1. The Bertz CT molecular complexity index is 379. The van der Waals surface area contributed by atoms with Crippen LogP contribution in [0.5, 0.6) is 0 Å². The standard InChI is InChI=1S/C12H12O/c1-9-5-3-6-10(2)12(9)11-7-4-8-13-11/h3-8H,1-2H3. The lowest BCUT2D eigenvalue weighted by Gasteiger charge is -2.05. The third-order valence-electron chi connectivity index (χ3n) is 2.25. The first kappa shape index (κ1) is 8.11. The molecule has 0 N–H and O–H groups in total. The quantitative estimate of drug-likeness (QED) is 0.641. The van der Waals surface area contributed by atoms with Gasteiger partial charge >= 0.3 is 0 Å². The van der Waals surface area contributed by atoms with Crippen molar-refractivity contribution in [2.45, 2.75) is 13.8 Å². The molecule has 1 heteroatoms. The van der Waals surface area contributed by atoms with Crippen LogP contribution < -0.4 is 0 Å². The summed E-state index contributed by atoms with van der Waals surface area (Å²) in [6.07, 6.45) is 1.71. The van der Waals surface area contributed by atoms with E-state index in [1.165, 1.54) is 16.7 Å². The van der Waals surface area contributed by atoms with Crippen LogP contribution in [0.25, 0.3) is 11.3 Å². The molecular formula is C12H12O. The molecule has 1 heterocycles. The molecule has 0 spiro atoms. The van der Waals surface area contributed by atoms with E-state index in [1.807, 2.05) is 12.1 Å². The maximum Gasteiger partial charge on any atom is 0.134 e. The van der Waals surface area contributed by atoms with Crippen LogP contribution in [-0.2, 0) is 0 Å². The number of hydrogen-bond donors (Lipinski definition) is 0. The fourth-order valence-electron chi connectivity index (χ4n) is 1.62. The molecule has 0 atom stereocenters. The Hall–Kier alpha value is -1.50. The Morgan fingerprint density at radius 1 is 0.923 bits per heavy atom. The van der Waals surface area contributed by atoms with Crippen molar-refractivity contribution in [1.29, 1.82) is 0 Å². The van der Waals surface area contributed by atoms with Crippen LogP contribution >= 0.6 is 0 Å². The molecule has 1 aromatic carbocycles. The van der Waals surface area contributed by atoms with E-state index in [9.17, 15) is 0 Å². The summed E-state index contributed by atoms with van der Waals surface area (Å²) in [7, 11) is 0. The Kier molecular flexibility index (Phi) is 1.93. The lowest BCUT2D eigenvalue weighted by Crippen LogP contribution is -1.84. The highest BCUT2D eigenvalue weighted by Gasteiger charge is 2.06. The molecule has 0 aliphatic rings. The van der Waals surface area contributed by atoms with Crippen LogP contribution in [-0.4, -0.2) is 0 Å². The summed E-state index contributed by atoms with van der Waals surface area (Å²) in [6.45, 7) is 4.20. The maximum absolute atomic E-state index is 5.38. The zero-order valence-corrected chi connectivity index (χ0v) is 7.87. The first-order chi connectivity index (χ1) is 6.29. The fourth-order valence-corrected chi connectivity index (χ4v) is 1.62. The topological polar surface area (TPSA) is 13.1 Å². The van der Waals surface area contributed by atoms with E-state index in [0.29, 0.717) is 0 Å². The molecule has 66 valence electrons. The summed E-state index contributed by atoms with van der Waals surface area (Å²) in [5.74, 6) is 0.954. The van der Waals surface area contributed by atoms with Gasteiger partial charge in [-0.1, -0.05) is 18.2 Å². The number of furan rings is 1. The van der Waals surface area contributed by atoms with Gasteiger partial charge in [-0.3, -0.25) is 0 Å². The molecule has 0 radical (unpaired) electrons. The van der Waals surface area contributed by atoms with Gasteiger partial charge in [0.25, 0.3) is 0 Å². The highest BCUT2D eigenvalue weighted by Crippen LogP contribution is 2.26. The number of aryl methyl sites for hydroxylation is 2. The molecule has 0 bridgehead atoms. The van der Waals surface area contributed by atoms with Gasteiger partial charge in [-0.25, -0.2) is 0 Å².